The van der Waals surface area contributed by atoms with Gasteiger partial charge in [0.05, 0.1) is 0 Å². The van der Waals surface area contributed by atoms with Crippen LogP contribution in [0.4, 0.5) is 10.5 Å². The first-order valence-corrected chi connectivity index (χ1v) is 6.64. The van der Waals surface area contributed by atoms with Crippen molar-refractivity contribution in [1.29, 1.82) is 10.5 Å². The molecule has 0 unspecified atom stereocenters. The van der Waals surface area contributed by atoms with Gasteiger partial charge in [-0.25, -0.2) is 4.79 Å². The molecule has 1 aliphatic rings. The van der Waals surface area contributed by atoms with Gasteiger partial charge < -0.3 is 11.1 Å². The number of carbonyl (C=O) groups is 1. The Morgan fingerprint density at radius 3 is 2.67 bits per heavy atom. The van der Waals surface area contributed by atoms with Crippen LogP contribution in [0.1, 0.15) is 24.0 Å². The minimum absolute atomic E-state index is 0.250. The molecule has 0 spiro atoms. The summed E-state index contributed by atoms with van der Waals surface area (Å²) in [5, 5.41) is 22.5. The van der Waals surface area contributed by atoms with Crippen molar-refractivity contribution in [1.82, 2.24) is 5.32 Å². The minimum atomic E-state index is -0.580. The van der Waals surface area contributed by atoms with E-state index < -0.39 is 6.03 Å². The van der Waals surface area contributed by atoms with Crippen molar-refractivity contribution in [2.75, 3.05) is 5.32 Å². The van der Waals surface area contributed by atoms with Gasteiger partial charge in [0.25, 0.3) is 0 Å². The highest BCUT2D eigenvalue weighted by Gasteiger charge is 2.15. The first-order valence-electron chi connectivity index (χ1n) is 6.64. The number of anilines is 1. The number of nitrogens with two attached hydrogens (primary N) is 1. The quantitative estimate of drug-likeness (QED) is 0.718. The number of hydrogen-bond donors (Lipinski definition) is 3. The lowest BCUT2D eigenvalue weighted by Gasteiger charge is -2.19. The van der Waals surface area contributed by atoms with Crippen LogP contribution in [-0.4, -0.2) is 6.03 Å². The fraction of sp³-hybridized carbons (Fsp3) is 0.267. The van der Waals surface area contributed by atoms with E-state index in [1.807, 2.05) is 12.1 Å². The van der Waals surface area contributed by atoms with Crippen LogP contribution >= 0.6 is 0 Å². The molecule has 106 valence electrons. The van der Waals surface area contributed by atoms with Gasteiger partial charge in [0.1, 0.15) is 17.8 Å². The van der Waals surface area contributed by atoms with Crippen molar-refractivity contribution >= 4 is 11.7 Å². The molecule has 2 rings (SSSR count). The Morgan fingerprint density at radius 1 is 1.19 bits per heavy atom. The highest BCUT2D eigenvalue weighted by molar-refractivity contribution is 5.92. The Hall–Kier alpha value is -2.99. The number of benzene rings is 1. The highest BCUT2D eigenvalue weighted by atomic mass is 16.2. The molecule has 0 radical (unpaired) electrons. The molecule has 0 fully saturated rings. The van der Waals surface area contributed by atoms with Crippen LogP contribution in [0.15, 0.2) is 29.6 Å². The van der Waals surface area contributed by atoms with Gasteiger partial charge in [-0.3, -0.25) is 5.32 Å². The van der Waals surface area contributed by atoms with E-state index in [-0.39, 0.29) is 11.4 Å². The molecule has 0 aromatic heterocycles. The van der Waals surface area contributed by atoms with E-state index in [0.29, 0.717) is 0 Å². The lowest BCUT2D eigenvalue weighted by Crippen LogP contribution is -2.30. The van der Waals surface area contributed by atoms with Gasteiger partial charge >= 0.3 is 6.03 Å². The van der Waals surface area contributed by atoms with Gasteiger partial charge in [0, 0.05) is 5.69 Å². The van der Waals surface area contributed by atoms with E-state index in [4.69, 9.17) is 16.3 Å². The van der Waals surface area contributed by atoms with Gasteiger partial charge in [-0.2, -0.15) is 10.5 Å². The van der Waals surface area contributed by atoms with E-state index in [9.17, 15) is 4.79 Å². The Balaban J connectivity index is 2.15. The molecule has 21 heavy (non-hydrogen) atoms. The molecule has 0 aliphatic heterocycles. The maximum Gasteiger partial charge on any atom is 0.324 e. The number of aryl methyl sites for hydroxylation is 1. The lowest BCUT2D eigenvalue weighted by molar-refractivity contribution is 0.254. The number of urea groups is 1. The van der Waals surface area contributed by atoms with Crippen molar-refractivity contribution in [3.63, 3.8) is 0 Å². The summed E-state index contributed by atoms with van der Waals surface area (Å²) in [5.41, 5.74) is 7.88. The number of allylic oxidation sites excluding steroid dienone is 2. The number of nitriles is 2. The summed E-state index contributed by atoms with van der Waals surface area (Å²) in [6.45, 7) is 0. The average molecular weight is 281 g/mol. The number of rotatable bonds is 2. The SMILES string of the molecule is N#C/C(N)=C(\C#N)NC(=O)Nc1cccc2c1CCCC2. The van der Waals surface area contributed by atoms with Gasteiger partial charge in [0.15, 0.2) is 5.70 Å². The molecule has 6 nitrogen and oxygen atoms in total. The summed E-state index contributed by atoms with van der Waals surface area (Å²) < 4.78 is 0. The zero-order chi connectivity index (χ0) is 15.2. The predicted molar refractivity (Wildman–Crippen MR) is 77.7 cm³/mol. The highest BCUT2D eigenvalue weighted by Crippen LogP contribution is 2.27. The zero-order valence-corrected chi connectivity index (χ0v) is 11.4. The van der Waals surface area contributed by atoms with Crippen molar-refractivity contribution in [3.8, 4) is 12.1 Å². The summed E-state index contributed by atoms with van der Waals surface area (Å²) in [6, 6.07) is 8.52. The molecule has 0 saturated heterocycles. The number of carbonyl (C=O) groups excluding carboxylic acids is 1. The first kappa shape index (κ1) is 14.4. The van der Waals surface area contributed by atoms with Crippen LogP contribution in [0.25, 0.3) is 0 Å². The summed E-state index contributed by atoms with van der Waals surface area (Å²) >= 11 is 0. The zero-order valence-electron chi connectivity index (χ0n) is 11.4. The molecule has 1 aliphatic carbocycles. The van der Waals surface area contributed by atoms with E-state index in [1.165, 1.54) is 5.56 Å². The van der Waals surface area contributed by atoms with Crippen LogP contribution in [0.3, 0.4) is 0 Å². The molecular formula is C15H15N5O. The second-order valence-corrected chi connectivity index (χ2v) is 4.74. The van der Waals surface area contributed by atoms with E-state index in [0.717, 1.165) is 36.9 Å². The maximum atomic E-state index is 11.9. The summed E-state index contributed by atoms with van der Waals surface area (Å²) in [7, 11) is 0. The van der Waals surface area contributed by atoms with Crippen LogP contribution < -0.4 is 16.4 Å². The average Bonchev–Trinajstić information content (AvgIpc) is 2.52. The Morgan fingerprint density at radius 2 is 1.95 bits per heavy atom. The van der Waals surface area contributed by atoms with E-state index in [2.05, 4.69) is 16.7 Å². The fourth-order valence-electron chi connectivity index (χ4n) is 2.38. The molecule has 0 saturated carbocycles. The molecule has 2 amide bonds. The van der Waals surface area contributed by atoms with Crippen LogP contribution in [0.2, 0.25) is 0 Å². The first-order chi connectivity index (χ1) is 10.2. The van der Waals surface area contributed by atoms with Crippen molar-refractivity contribution in [2.45, 2.75) is 25.7 Å². The molecule has 0 atom stereocenters. The second-order valence-electron chi connectivity index (χ2n) is 4.74. The third kappa shape index (κ3) is 3.31. The molecule has 4 N–H and O–H groups in total. The number of fused-ring (bicyclic) bond motifs is 1. The van der Waals surface area contributed by atoms with E-state index >= 15 is 0 Å². The lowest BCUT2D eigenvalue weighted by atomic mass is 9.90. The number of nitrogens with zero attached hydrogens (tertiary/aromatic N) is 2. The number of nitrogens with one attached hydrogen (secondary N) is 2. The minimum Gasteiger partial charge on any atom is -0.388 e. The summed E-state index contributed by atoms with van der Waals surface area (Å²) in [6.07, 6.45) is 4.19. The molecule has 0 bridgehead atoms. The van der Waals surface area contributed by atoms with Gasteiger partial charge in [-0.1, -0.05) is 12.1 Å². The maximum absolute atomic E-state index is 11.9. The summed E-state index contributed by atoms with van der Waals surface area (Å²) in [5.74, 6) is 0. The monoisotopic (exact) mass is 281 g/mol. The Bertz CT molecular complexity index is 678. The molecule has 0 heterocycles. The van der Waals surface area contributed by atoms with Gasteiger partial charge in [0.2, 0.25) is 0 Å². The number of hydrogen-bond acceptors (Lipinski definition) is 4. The van der Waals surface area contributed by atoms with Crippen molar-refractivity contribution in [2.24, 2.45) is 5.73 Å². The normalized spacial score (nSPS) is 14.0. The smallest absolute Gasteiger partial charge is 0.324 e. The van der Waals surface area contributed by atoms with Gasteiger partial charge in [-0.15, -0.1) is 0 Å². The molecule has 1 aromatic carbocycles. The molecular weight excluding hydrogens is 266 g/mol. The molecule has 6 heteroatoms. The third-order valence-electron chi connectivity index (χ3n) is 3.38. The Labute approximate surface area is 122 Å². The summed E-state index contributed by atoms with van der Waals surface area (Å²) in [4.78, 5) is 11.9. The van der Waals surface area contributed by atoms with Crippen LogP contribution in [0.5, 0.6) is 0 Å². The number of amides is 2. The fourth-order valence-corrected chi connectivity index (χ4v) is 2.38. The Kier molecular flexibility index (Phi) is 4.43. The second kappa shape index (κ2) is 6.44. The van der Waals surface area contributed by atoms with Crippen molar-refractivity contribution < 1.29 is 4.79 Å². The topological polar surface area (TPSA) is 115 Å². The predicted octanol–water partition coefficient (Wildman–Crippen LogP) is 1.90. The standard InChI is InChI=1S/C15H15N5O/c16-8-12(18)14(9-17)20-15(21)19-13-7-3-5-10-4-1-2-6-11(10)13/h3,5,7H,1-2,4,6,18H2,(H2,19,20,21)/b14-12-. The van der Waals surface area contributed by atoms with Crippen molar-refractivity contribution in [3.05, 3.63) is 40.7 Å². The third-order valence-corrected chi connectivity index (χ3v) is 3.38. The van der Waals surface area contributed by atoms with Crippen LogP contribution in [-0.2, 0) is 12.8 Å². The van der Waals surface area contributed by atoms with E-state index in [1.54, 1.807) is 12.1 Å². The largest absolute Gasteiger partial charge is 0.388 e. The van der Waals surface area contributed by atoms with Gasteiger partial charge in [-0.05, 0) is 42.9 Å². The van der Waals surface area contributed by atoms with Crippen LogP contribution in [0, 0.1) is 22.7 Å². The molecule has 1 aromatic rings.